The van der Waals surface area contributed by atoms with E-state index in [1.165, 1.54) is 6.92 Å². The maximum atomic E-state index is 11.2. The first kappa shape index (κ1) is 21.9. The Morgan fingerprint density at radius 3 is 2.04 bits per heavy atom. The van der Waals surface area contributed by atoms with Gasteiger partial charge in [0, 0.05) is 6.92 Å². The SMILES string of the molecule is CC(=O)SC1OC(CO)C(OC2OC(CO)C(O)C(O)C2O)C(O)C1O. The molecule has 7 N–H and O–H groups in total. The van der Waals surface area contributed by atoms with Gasteiger partial charge < -0.3 is 50.0 Å². The Labute approximate surface area is 153 Å². The second-order valence-corrected chi connectivity index (χ2v) is 7.39. The largest absolute Gasteiger partial charge is 0.394 e. The minimum absolute atomic E-state index is 0.369. The number of carbonyl (C=O) groups is 1. The van der Waals surface area contributed by atoms with E-state index in [-0.39, 0.29) is 5.12 Å². The lowest BCUT2D eigenvalue weighted by atomic mass is 9.97. The van der Waals surface area contributed by atoms with Crippen LogP contribution in [0.15, 0.2) is 0 Å². The van der Waals surface area contributed by atoms with Crippen LogP contribution in [0.25, 0.3) is 0 Å². The molecule has 0 aromatic carbocycles. The number of hydrogen-bond acceptors (Lipinski definition) is 12. The minimum Gasteiger partial charge on any atom is -0.394 e. The Hall–Kier alpha value is -0.380. The van der Waals surface area contributed by atoms with E-state index in [4.69, 9.17) is 14.2 Å². The van der Waals surface area contributed by atoms with E-state index in [1.54, 1.807) is 0 Å². The second kappa shape index (κ2) is 9.21. The summed E-state index contributed by atoms with van der Waals surface area (Å²) in [5.41, 5.74) is -1.13. The normalized spacial score (nSPS) is 46.9. The highest BCUT2D eigenvalue weighted by Gasteiger charge is 2.50. The first-order valence-corrected chi connectivity index (χ1v) is 8.84. The van der Waals surface area contributed by atoms with Gasteiger partial charge in [-0.3, -0.25) is 4.79 Å². The van der Waals surface area contributed by atoms with Gasteiger partial charge in [0.15, 0.2) is 11.4 Å². The van der Waals surface area contributed by atoms with Gasteiger partial charge in [-0.25, -0.2) is 0 Å². The monoisotopic (exact) mass is 400 g/mol. The number of hydrogen-bond donors (Lipinski definition) is 7. The molecule has 26 heavy (non-hydrogen) atoms. The predicted octanol–water partition coefficient (Wildman–Crippen LogP) is -4.11. The van der Waals surface area contributed by atoms with E-state index >= 15 is 0 Å². The van der Waals surface area contributed by atoms with Crippen molar-refractivity contribution in [2.45, 2.75) is 67.5 Å². The average molecular weight is 400 g/mol. The van der Waals surface area contributed by atoms with E-state index in [0.717, 1.165) is 0 Å². The molecule has 10 unspecified atom stereocenters. The molecule has 11 nitrogen and oxygen atoms in total. The molecule has 0 spiro atoms. The number of ether oxygens (including phenoxy) is 3. The summed E-state index contributed by atoms with van der Waals surface area (Å²) in [5.74, 6) is 0. The quantitative estimate of drug-likeness (QED) is 0.237. The van der Waals surface area contributed by atoms with Gasteiger partial charge in [0.1, 0.15) is 54.3 Å². The zero-order chi connectivity index (χ0) is 19.6. The molecule has 2 aliphatic rings. The zero-order valence-corrected chi connectivity index (χ0v) is 14.7. The molecule has 0 amide bonds. The van der Waals surface area contributed by atoms with Gasteiger partial charge in [-0.05, 0) is 0 Å². The topological polar surface area (TPSA) is 186 Å². The summed E-state index contributed by atoms with van der Waals surface area (Å²) < 4.78 is 15.9. The molecular formula is C14H24O11S. The number of rotatable bonds is 5. The summed E-state index contributed by atoms with van der Waals surface area (Å²) in [6.07, 6.45) is -13.5. The molecule has 0 aromatic heterocycles. The molecule has 0 saturated carbocycles. The summed E-state index contributed by atoms with van der Waals surface area (Å²) in [6.45, 7) is -0.0592. The van der Waals surface area contributed by atoms with Gasteiger partial charge in [0.2, 0.25) is 0 Å². The summed E-state index contributed by atoms with van der Waals surface area (Å²) in [6, 6.07) is 0. The van der Waals surface area contributed by atoms with Crippen LogP contribution in [-0.2, 0) is 19.0 Å². The van der Waals surface area contributed by atoms with E-state index in [9.17, 15) is 40.5 Å². The van der Waals surface area contributed by atoms with Crippen molar-refractivity contribution in [3.63, 3.8) is 0 Å². The molecule has 0 aromatic rings. The Balaban J connectivity index is 2.12. The number of thioether (sulfide) groups is 1. The van der Waals surface area contributed by atoms with E-state index in [2.05, 4.69) is 0 Å². The average Bonchev–Trinajstić information content (AvgIpc) is 2.60. The van der Waals surface area contributed by atoms with Crippen molar-refractivity contribution in [2.24, 2.45) is 0 Å². The molecule has 2 saturated heterocycles. The number of aliphatic hydroxyl groups excluding tert-OH is 7. The fourth-order valence-electron chi connectivity index (χ4n) is 2.82. The van der Waals surface area contributed by atoms with Gasteiger partial charge in [0.25, 0.3) is 0 Å². The van der Waals surface area contributed by atoms with E-state index in [0.29, 0.717) is 11.8 Å². The fraction of sp³-hybridized carbons (Fsp3) is 0.929. The third-order valence-corrected chi connectivity index (χ3v) is 5.20. The molecule has 0 bridgehead atoms. The molecule has 2 rings (SSSR count). The highest BCUT2D eigenvalue weighted by atomic mass is 32.2. The maximum Gasteiger partial charge on any atom is 0.188 e. The Morgan fingerprint density at radius 1 is 0.885 bits per heavy atom. The molecule has 2 aliphatic heterocycles. The van der Waals surface area contributed by atoms with Crippen LogP contribution < -0.4 is 0 Å². The van der Waals surface area contributed by atoms with Crippen LogP contribution in [0.3, 0.4) is 0 Å². The first-order valence-electron chi connectivity index (χ1n) is 7.96. The summed E-state index contributed by atoms with van der Waals surface area (Å²) in [5, 5.41) is 68.2. The number of carbonyl (C=O) groups excluding carboxylic acids is 1. The second-order valence-electron chi connectivity index (χ2n) is 6.11. The molecular weight excluding hydrogens is 376 g/mol. The van der Waals surface area contributed by atoms with Crippen LogP contribution in [-0.4, -0.2) is 115 Å². The van der Waals surface area contributed by atoms with Gasteiger partial charge in [-0.1, -0.05) is 11.8 Å². The first-order chi connectivity index (χ1) is 12.2. The number of aliphatic hydroxyl groups is 7. The van der Waals surface area contributed by atoms with Crippen LogP contribution in [0.2, 0.25) is 0 Å². The Bertz CT molecular complexity index is 476. The van der Waals surface area contributed by atoms with Gasteiger partial charge in [0.05, 0.1) is 13.2 Å². The van der Waals surface area contributed by atoms with Crippen molar-refractivity contribution >= 4 is 16.9 Å². The lowest BCUT2D eigenvalue weighted by Crippen LogP contribution is -2.64. The Kier molecular flexibility index (Phi) is 7.76. The van der Waals surface area contributed by atoms with Crippen LogP contribution >= 0.6 is 11.8 Å². The lowest BCUT2D eigenvalue weighted by molar-refractivity contribution is -0.338. The van der Waals surface area contributed by atoms with E-state index in [1.807, 2.05) is 0 Å². The smallest absolute Gasteiger partial charge is 0.188 e. The molecule has 2 heterocycles. The maximum absolute atomic E-state index is 11.2. The molecule has 10 atom stereocenters. The summed E-state index contributed by atoms with van der Waals surface area (Å²) >= 11 is 0.635. The zero-order valence-electron chi connectivity index (χ0n) is 13.9. The molecule has 0 aliphatic carbocycles. The summed E-state index contributed by atoms with van der Waals surface area (Å²) in [4.78, 5) is 11.2. The van der Waals surface area contributed by atoms with Crippen LogP contribution in [0.1, 0.15) is 6.92 Å². The van der Waals surface area contributed by atoms with Crippen molar-refractivity contribution < 1.29 is 54.8 Å². The summed E-state index contributed by atoms with van der Waals surface area (Å²) in [7, 11) is 0. The van der Waals surface area contributed by atoms with Crippen LogP contribution in [0.4, 0.5) is 0 Å². The molecule has 12 heteroatoms. The Morgan fingerprint density at radius 2 is 1.50 bits per heavy atom. The minimum atomic E-state index is -1.72. The van der Waals surface area contributed by atoms with Crippen molar-refractivity contribution in [3.05, 3.63) is 0 Å². The van der Waals surface area contributed by atoms with Gasteiger partial charge >= 0.3 is 0 Å². The third kappa shape index (κ3) is 4.54. The van der Waals surface area contributed by atoms with Crippen molar-refractivity contribution in [2.75, 3.05) is 13.2 Å². The molecule has 2 fully saturated rings. The highest BCUT2D eigenvalue weighted by molar-refractivity contribution is 8.14. The molecule has 152 valence electrons. The van der Waals surface area contributed by atoms with Crippen LogP contribution in [0.5, 0.6) is 0 Å². The van der Waals surface area contributed by atoms with Crippen molar-refractivity contribution in [1.82, 2.24) is 0 Å². The van der Waals surface area contributed by atoms with Gasteiger partial charge in [-0.2, -0.15) is 0 Å². The highest BCUT2D eigenvalue weighted by Crippen LogP contribution is 2.32. The van der Waals surface area contributed by atoms with Crippen molar-refractivity contribution in [3.8, 4) is 0 Å². The standard InChI is InChI=1S/C14H24O11S/c1-4(17)26-14-11(22)9(20)12(6(3-16)24-14)25-13-10(21)8(19)7(18)5(2-15)23-13/h5-16,18-22H,2-3H2,1H3. The van der Waals surface area contributed by atoms with Crippen molar-refractivity contribution in [1.29, 1.82) is 0 Å². The van der Waals surface area contributed by atoms with E-state index < -0.39 is 73.8 Å². The fourth-order valence-corrected chi connectivity index (χ4v) is 3.64. The predicted molar refractivity (Wildman–Crippen MR) is 84.7 cm³/mol. The van der Waals surface area contributed by atoms with Crippen LogP contribution in [0, 0.1) is 0 Å². The van der Waals surface area contributed by atoms with Gasteiger partial charge in [-0.15, -0.1) is 0 Å². The molecule has 0 radical (unpaired) electrons. The third-order valence-electron chi connectivity index (χ3n) is 4.24. The lowest BCUT2D eigenvalue weighted by Gasteiger charge is -2.45.